The number of imidazole rings is 1. The Morgan fingerprint density at radius 3 is 2.80 bits per heavy atom. The minimum Gasteiger partial charge on any atom is -0.454 e. The van der Waals surface area contributed by atoms with Crippen LogP contribution in [0.1, 0.15) is 37.8 Å². The molecule has 2 heterocycles. The van der Waals surface area contributed by atoms with Gasteiger partial charge in [-0.25, -0.2) is 4.98 Å². The van der Waals surface area contributed by atoms with Crippen LogP contribution in [0.4, 0.5) is 0 Å². The van der Waals surface area contributed by atoms with Gasteiger partial charge in [0, 0.05) is 18.9 Å². The highest BCUT2D eigenvalue weighted by atomic mass is 32.2. The summed E-state index contributed by atoms with van der Waals surface area (Å²) in [5.74, 6) is 1.81. The molecule has 0 saturated carbocycles. The van der Waals surface area contributed by atoms with Gasteiger partial charge in [0.25, 0.3) is 0 Å². The summed E-state index contributed by atoms with van der Waals surface area (Å²) in [7, 11) is 0. The second-order valence-corrected chi connectivity index (χ2v) is 8.77. The number of ether oxygens (including phenoxy) is 2. The molecule has 0 saturated heterocycles. The first-order valence-electron chi connectivity index (χ1n) is 9.98. The topological polar surface area (TPSA) is 65.4 Å². The van der Waals surface area contributed by atoms with Crippen LogP contribution in [-0.4, -0.2) is 27.5 Å². The van der Waals surface area contributed by atoms with Gasteiger partial charge >= 0.3 is 0 Å². The van der Waals surface area contributed by atoms with Crippen molar-refractivity contribution in [3.05, 3.63) is 66.0 Å². The van der Waals surface area contributed by atoms with Gasteiger partial charge in [0.15, 0.2) is 16.7 Å². The Kier molecular flexibility index (Phi) is 5.99. The summed E-state index contributed by atoms with van der Waals surface area (Å²) in [6.07, 6.45) is 3.72. The molecular formula is C23H25N3O3S. The number of nitrogens with one attached hydrogen (secondary N) is 1. The summed E-state index contributed by atoms with van der Waals surface area (Å²) in [5, 5.41) is 3.51. The number of benzene rings is 2. The first kappa shape index (κ1) is 20.3. The van der Waals surface area contributed by atoms with Crippen molar-refractivity contribution in [3.63, 3.8) is 0 Å². The number of nitrogens with zero attached hydrogens (tertiary/aromatic N) is 2. The van der Waals surface area contributed by atoms with E-state index in [-0.39, 0.29) is 18.0 Å². The van der Waals surface area contributed by atoms with E-state index in [4.69, 9.17) is 9.47 Å². The maximum absolute atomic E-state index is 12.7. The van der Waals surface area contributed by atoms with Gasteiger partial charge in [-0.3, -0.25) is 9.36 Å². The molecule has 1 unspecified atom stereocenters. The number of hydrogen-bond acceptors (Lipinski definition) is 5. The van der Waals surface area contributed by atoms with E-state index in [1.807, 2.05) is 37.4 Å². The Labute approximate surface area is 180 Å². The first-order chi connectivity index (χ1) is 14.5. The number of carbonyl (C=O) groups is 1. The number of hydrogen-bond donors (Lipinski definition) is 1. The first-order valence-corrected chi connectivity index (χ1v) is 10.9. The molecule has 1 aliphatic heterocycles. The maximum atomic E-state index is 12.7. The number of rotatable bonds is 7. The van der Waals surface area contributed by atoms with E-state index in [0.717, 1.165) is 27.9 Å². The molecule has 7 heteroatoms. The third-order valence-corrected chi connectivity index (χ3v) is 6.06. The van der Waals surface area contributed by atoms with Crippen LogP contribution in [-0.2, 0) is 11.3 Å². The van der Waals surface area contributed by atoms with Crippen LogP contribution < -0.4 is 14.8 Å². The van der Waals surface area contributed by atoms with Crippen molar-refractivity contribution in [2.45, 2.75) is 43.6 Å². The molecule has 0 radical (unpaired) electrons. The zero-order chi connectivity index (χ0) is 21.1. The van der Waals surface area contributed by atoms with Gasteiger partial charge in [0.2, 0.25) is 12.7 Å². The number of fused-ring (bicyclic) bond motifs is 1. The average molecular weight is 424 g/mol. The Morgan fingerprint density at radius 1 is 1.17 bits per heavy atom. The fourth-order valence-corrected chi connectivity index (χ4v) is 4.25. The minimum atomic E-state index is -0.286. The third-order valence-electron chi connectivity index (χ3n) is 4.98. The van der Waals surface area contributed by atoms with Crippen molar-refractivity contribution in [3.8, 4) is 17.2 Å². The highest BCUT2D eigenvalue weighted by molar-refractivity contribution is 8.00. The number of amides is 1. The normalized spacial score (nSPS) is 13.5. The van der Waals surface area contributed by atoms with Crippen molar-refractivity contribution in [2.24, 2.45) is 0 Å². The van der Waals surface area contributed by atoms with Crippen molar-refractivity contribution in [2.75, 3.05) is 6.79 Å². The van der Waals surface area contributed by atoms with Crippen molar-refractivity contribution in [1.82, 2.24) is 14.9 Å². The summed E-state index contributed by atoms with van der Waals surface area (Å²) < 4.78 is 12.8. The van der Waals surface area contributed by atoms with Gasteiger partial charge in [-0.05, 0) is 42.2 Å². The Morgan fingerprint density at radius 2 is 1.97 bits per heavy atom. The molecule has 1 aromatic heterocycles. The largest absolute Gasteiger partial charge is 0.454 e. The zero-order valence-electron chi connectivity index (χ0n) is 17.3. The molecule has 3 aromatic rings. The molecule has 1 atom stereocenters. The summed E-state index contributed by atoms with van der Waals surface area (Å²) in [5.41, 5.74) is 3.31. The van der Waals surface area contributed by atoms with Crippen LogP contribution in [0.5, 0.6) is 11.5 Å². The van der Waals surface area contributed by atoms with E-state index in [2.05, 4.69) is 46.9 Å². The molecule has 0 bridgehead atoms. The van der Waals surface area contributed by atoms with Crippen LogP contribution in [0, 0.1) is 0 Å². The Bertz CT molecular complexity index is 1050. The van der Waals surface area contributed by atoms with Crippen LogP contribution in [0.15, 0.2) is 60.0 Å². The molecule has 1 N–H and O–H groups in total. The third kappa shape index (κ3) is 4.31. The van der Waals surface area contributed by atoms with Gasteiger partial charge in [-0.2, -0.15) is 0 Å². The van der Waals surface area contributed by atoms with E-state index in [0.29, 0.717) is 12.5 Å². The van der Waals surface area contributed by atoms with Gasteiger partial charge in [0.05, 0.1) is 10.9 Å². The smallest absolute Gasteiger partial charge is 0.233 e. The maximum Gasteiger partial charge on any atom is 0.233 e. The highest BCUT2D eigenvalue weighted by Crippen LogP contribution is 2.32. The fraction of sp³-hybridized carbons (Fsp3) is 0.304. The molecule has 30 heavy (non-hydrogen) atoms. The van der Waals surface area contributed by atoms with E-state index in [1.165, 1.54) is 17.3 Å². The summed E-state index contributed by atoms with van der Waals surface area (Å²) in [6.45, 7) is 6.92. The van der Waals surface area contributed by atoms with Crippen molar-refractivity contribution in [1.29, 1.82) is 0 Å². The van der Waals surface area contributed by atoms with Crippen LogP contribution in [0.2, 0.25) is 0 Å². The number of carbonyl (C=O) groups excluding carboxylic acids is 1. The number of thioether (sulfide) groups is 1. The van der Waals surface area contributed by atoms with Crippen LogP contribution in [0.3, 0.4) is 0 Å². The predicted octanol–water partition coefficient (Wildman–Crippen LogP) is 4.52. The lowest BCUT2D eigenvalue weighted by molar-refractivity contribution is -0.120. The molecule has 0 aliphatic carbocycles. The lowest BCUT2D eigenvalue weighted by Crippen LogP contribution is -2.30. The van der Waals surface area contributed by atoms with E-state index >= 15 is 0 Å². The van der Waals surface area contributed by atoms with Crippen LogP contribution in [0.25, 0.3) is 5.69 Å². The second kappa shape index (κ2) is 8.83. The molecule has 4 rings (SSSR count). The summed E-state index contributed by atoms with van der Waals surface area (Å²) >= 11 is 1.45. The zero-order valence-corrected chi connectivity index (χ0v) is 18.1. The summed E-state index contributed by atoms with van der Waals surface area (Å²) in [6, 6.07) is 14.0. The highest BCUT2D eigenvalue weighted by Gasteiger charge is 2.19. The molecule has 0 fully saturated rings. The van der Waals surface area contributed by atoms with E-state index in [9.17, 15) is 4.79 Å². The molecule has 1 aliphatic rings. The lowest BCUT2D eigenvalue weighted by Gasteiger charge is -2.17. The second-order valence-electron chi connectivity index (χ2n) is 7.46. The average Bonchev–Trinajstić information content (AvgIpc) is 3.40. The van der Waals surface area contributed by atoms with Gasteiger partial charge in [-0.1, -0.05) is 49.9 Å². The van der Waals surface area contributed by atoms with Crippen molar-refractivity contribution >= 4 is 17.7 Å². The number of aromatic nitrogens is 2. The van der Waals surface area contributed by atoms with Crippen LogP contribution >= 0.6 is 11.8 Å². The molecule has 6 nitrogen and oxygen atoms in total. The quantitative estimate of drug-likeness (QED) is 0.566. The SMILES string of the molecule is CC(Sc1nccn1-c1ccccc1C(C)C)C(=O)NCc1ccc2c(c1)OCO2. The van der Waals surface area contributed by atoms with Gasteiger partial charge in [-0.15, -0.1) is 0 Å². The number of para-hydroxylation sites is 1. The van der Waals surface area contributed by atoms with Crippen molar-refractivity contribution < 1.29 is 14.3 Å². The van der Waals surface area contributed by atoms with Gasteiger partial charge in [0.1, 0.15) is 0 Å². The monoisotopic (exact) mass is 423 g/mol. The van der Waals surface area contributed by atoms with Gasteiger partial charge < -0.3 is 14.8 Å². The standard InChI is InChI=1S/C23H25N3O3S/c1-15(2)18-6-4-5-7-19(18)26-11-10-24-23(26)30-16(3)22(27)25-13-17-8-9-20-21(12-17)29-14-28-20/h4-12,15-16H,13-14H2,1-3H3,(H,25,27). The Hall–Kier alpha value is -2.93. The molecule has 2 aromatic carbocycles. The minimum absolute atomic E-state index is 0.0376. The molecular weight excluding hydrogens is 398 g/mol. The fourth-order valence-electron chi connectivity index (χ4n) is 3.35. The molecule has 156 valence electrons. The molecule has 0 spiro atoms. The summed E-state index contributed by atoms with van der Waals surface area (Å²) in [4.78, 5) is 17.2. The Balaban J connectivity index is 1.42. The lowest BCUT2D eigenvalue weighted by atomic mass is 10.0. The predicted molar refractivity (Wildman–Crippen MR) is 117 cm³/mol. The molecule has 1 amide bonds. The van der Waals surface area contributed by atoms with E-state index < -0.39 is 0 Å². The van der Waals surface area contributed by atoms with E-state index in [1.54, 1.807) is 6.20 Å².